The topological polar surface area (TPSA) is 60.8 Å². The van der Waals surface area contributed by atoms with Crippen LogP contribution >= 0.6 is 34.8 Å². The van der Waals surface area contributed by atoms with Gasteiger partial charge in [-0.05, 0) is 18.1 Å². The molecule has 0 bridgehead atoms. The molecule has 5 nitrogen and oxygen atoms in total. The van der Waals surface area contributed by atoms with Gasteiger partial charge in [-0.2, -0.15) is 0 Å². The van der Waals surface area contributed by atoms with Gasteiger partial charge >= 0.3 is 0 Å². The summed E-state index contributed by atoms with van der Waals surface area (Å²) in [4.78, 5) is 0. The first kappa shape index (κ1) is 23.3. The second-order valence-corrected chi connectivity index (χ2v) is 9.34. The number of alkyl halides is 3. The second-order valence-electron chi connectivity index (χ2n) is 7.06. The molecule has 0 aliphatic carbocycles. The molecule has 162 valence electrons. The van der Waals surface area contributed by atoms with Crippen LogP contribution in [0.4, 0.5) is 0 Å². The summed E-state index contributed by atoms with van der Waals surface area (Å²) in [5.74, 6) is -0.512. The number of halogens is 3. The molecule has 1 N–H and O–H groups in total. The van der Waals surface area contributed by atoms with Crippen LogP contribution in [0.5, 0.6) is 0 Å². The molecule has 30 heavy (non-hydrogen) atoms. The quantitative estimate of drug-likeness (QED) is 0.321. The van der Waals surface area contributed by atoms with E-state index in [0.29, 0.717) is 19.6 Å². The number of hydrogen-bond acceptors (Lipinski definition) is 5. The highest BCUT2D eigenvalue weighted by atomic mass is 35.6. The van der Waals surface area contributed by atoms with Gasteiger partial charge < -0.3 is 18.9 Å². The average molecular weight is 473 g/mol. The molecule has 0 amide bonds. The molecule has 1 heterocycles. The fraction of sp³-hybridized carbons (Fsp3) is 0.409. The standard InChI is InChI=1S/C22H24Cl3NO4/c1-15-18(27-13-16-8-4-2-5-9-16)12-19(28-14-17-10-6-3-7-11-17)20(29-15)30-21(26)22(23,24)25/h2-11,15,18-20,26H,12-14H2,1H3/t15-,18+,19+,20-/m1/s1. The van der Waals surface area contributed by atoms with Crippen LogP contribution in [-0.2, 0) is 32.2 Å². The lowest BCUT2D eigenvalue weighted by Crippen LogP contribution is -2.50. The summed E-state index contributed by atoms with van der Waals surface area (Å²) in [5.41, 5.74) is 2.08. The molecule has 1 aliphatic rings. The Kier molecular flexibility index (Phi) is 8.40. The van der Waals surface area contributed by atoms with Crippen molar-refractivity contribution in [1.29, 1.82) is 5.41 Å². The Morgan fingerprint density at radius 1 is 0.933 bits per heavy atom. The van der Waals surface area contributed by atoms with Crippen LogP contribution in [0.25, 0.3) is 0 Å². The van der Waals surface area contributed by atoms with Crippen LogP contribution in [0.3, 0.4) is 0 Å². The second kappa shape index (κ2) is 10.8. The Morgan fingerprint density at radius 3 is 1.93 bits per heavy atom. The Morgan fingerprint density at radius 2 is 1.43 bits per heavy atom. The van der Waals surface area contributed by atoms with Gasteiger partial charge in [0.1, 0.15) is 6.10 Å². The zero-order valence-corrected chi connectivity index (χ0v) is 18.7. The Bertz CT molecular complexity index is 801. The minimum Gasteiger partial charge on any atom is -0.445 e. The van der Waals surface area contributed by atoms with Crippen molar-refractivity contribution in [1.82, 2.24) is 0 Å². The predicted octanol–water partition coefficient (Wildman–Crippen LogP) is 5.66. The maximum Gasteiger partial charge on any atom is 0.265 e. The third kappa shape index (κ3) is 6.84. The van der Waals surface area contributed by atoms with Crippen LogP contribution in [-0.4, -0.2) is 34.3 Å². The molecular formula is C22H24Cl3NO4. The van der Waals surface area contributed by atoms with Crippen molar-refractivity contribution in [3.05, 3.63) is 71.8 Å². The Labute approximate surface area is 191 Å². The molecule has 1 saturated heterocycles. The first-order valence-electron chi connectivity index (χ1n) is 9.62. The van der Waals surface area contributed by atoms with E-state index in [0.717, 1.165) is 11.1 Å². The van der Waals surface area contributed by atoms with E-state index in [2.05, 4.69) is 0 Å². The van der Waals surface area contributed by atoms with Crippen molar-refractivity contribution in [2.45, 2.75) is 55.0 Å². The summed E-state index contributed by atoms with van der Waals surface area (Å²) < 4.78 is 21.7. The molecule has 0 radical (unpaired) electrons. The predicted molar refractivity (Wildman–Crippen MR) is 118 cm³/mol. The number of rotatable bonds is 7. The molecule has 1 aliphatic heterocycles. The summed E-state index contributed by atoms with van der Waals surface area (Å²) in [6.07, 6.45) is -1.39. The van der Waals surface area contributed by atoms with E-state index in [9.17, 15) is 0 Å². The van der Waals surface area contributed by atoms with Gasteiger partial charge in [-0.15, -0.1) is 0 Å². The number of ether oxygens (including phenoxy) is 4. The van der Waals surface area contributed by atoms with Gasteiger partial charge in [-0.25, -0.2) is 0 Å². The van der Waals surface area contributed by atoms with E-state index < -0.39 is 22.1 Å². The molecule has 0 unspecified atom stereocenters. The maximum absolute atomic E-state index is 7.89. The van der Waals surface area contributed by atoms with E-state index in [1.807, 2.05) is 67.6 Å². The monoisotopic (exact) mass is 471 g/mol. The Balaban J connectivity index is 1.66. The highest BCUT2D eigenvalue weighted by Gasteiger charge is 2.41. The number of nitrogens with one attached hydrogen (secondary N) is 1. The summed E-state index contributed by atoms with van der Waals surface area (Å²) in [5, 5.41) is 7.89. The van der Waals surface area contributed by atoms with Gasteiger partial charge in [-0.1, -0.05) is 95.5 Å². The molecule has 2 aromatic carbocycles. The van der Waals surface area contributed by atoms with Crippen LogP contribution in [0.15, 0.2) is 60.7 Å². The molecule has 4 atom stereocenters. The first-order chi connectivity index (χ1) is 14.3. The molecule has 2 aromatic rings. The summed E-state index contributed by atoms with van der Waals surface area (Å²) in [7, 11) is 0. The molecule has 1 fully saturated rings. The van der Waals surface area contributed by atoms with E-state index in [4.69, 9.17) is 59.2 Å². The Hall–Kier alpha value is -1.34. The van der Waals surface area contributed by atoms with E-state index >= 15 is 0 Å². The first-order valence-corrected chi connectivity index (χ1v) is 10.7. The van der Waals surface area contributed by atoms with Gasteiger partial charge in [-0.3, -0.25) is 5.41 Å². The zero-order chi connectivity index (χ0) is 21.6. The lowest BCUT2D eigenvalue weighted by molar-refractivity contribution is -0.257. The molecule has 0 saturated carbocycles. The van der Waals surface area contributed by atoms with E-state index in [1.54, 1.807) is 0 Å². The van der Waals surface area contributed by atoms with Crippen LogP contribution in [0.2, 0.25) is 0 Å². The van der Waals surface area contributed by atoms with Gasteiger partial charge in [0.25, 0.3) is 3.79 Å². The minimum atomic E-state index is -1.97. The van der Waals surface area contributed by atoms with Crippen molar-refractivity contribution < 1.29 is 18.9 Å². The third-order valence-electron chi connectivity index (χ3n) is 4.75. The zero-order valence-electron chi connectivity index (χ0n) is 16.5. The number of hydrogen-bond donors (Lipinski definition) is 1. The SMILES string of the molecule is C[C@H]1O[C@H](OC(=N)C(Cl)(Cl)Cl)[C@@H](OCc2ccccc2)C[C@@H]1OCc1ccccc1. The average Bonchev–Trinajstić information content (AvgIpc) is 2.73. The van der Waals surface area contributed by atoms with Crippen LogP contribution in [0.1, 0.15) is 24.5 Å². The molecule has 8 heteroatoms. The summed E-state index contributed by atoms with van der Waals surface area (Å²) in [6.45, 7) is 2.70. The molecule has 3 rings (SSSR count). The van der Waals surface area contributed by atoms with Gasteiger partial charge in [0, 0.05) is 6.42 Å². The van der Waals surface area contributed by atoms with E-state index in [-0.39, 0.29) is 12.2 Å². The lowest BCUT2D eigenvalue weighted by atomic mass is 10.0. The largest absolute Gasteiger partial charge is 0.445 e. The third-order valence-corrected chi connectivity index (χ3v) is 5.26. The minimum absolute atomic E-state index is 0.215. The maximum atomic E-state index is 7.89. The van der Waals surface area contributed by atoms with E-state index in [1.165, 1.54) is 0 Å². The van der Waals surface area contributed by atoms with Crippen LogP contribution < -0.4 is 0 Å². The fourth-order valence-corrected chi connectivity index (χ4v) is 3.24. The highest BCUT2D eigenvalue weighted by Crippen LogP contribution is 2.32. The summed E-state index contributed by atoms with van der Waals surface area (Å²) >= 11 is 17.3. The fourth-order valence-electron chi connectivity index (χ4n) is 3.11. The van der Waals surface area contributed by atoms with Crippen LogP contribution in [0, 0.1) is 5.41 Å². The normalized spacial score (nSPS) is 24.4. The number of benzene rings is 2. The van der Waals surface area contributed by atoms with Crippen molar-refractivity contribution >= 4 is 40.7 Å². The van der Waals surface area contributed by atoms with Gasteiger partial charge in [0.2, 0.25) is 12.2 Å². The highest BCUT2D eigenvalue weighted by molar-refractivity contribution is 6.76. The van der Waals surface area contributed by atoms with Crippen molar-refractivity contribution in [2.24, 2.45) is 0 Å². The van der Waals surface area contributed by atoms with Crippen molar-refractivity contribution in [3.8, 4) is 0 Å². The molecule has 0 aromatic heterocycles. The summed E-state index contributed by atoms with van der Waals surface area (Å²) in [6, 6.07) is 19.7. The smallest absolute Gasteiger partial charge is 0.265 e. The lowest BCUT2D eigenvalue weighted by Gasteiger charge is -2.40. The molecular weight excluding hydrogens is 449 g/mol. The van der Waals surface area contributed by atoms with Crippen molar-refractivity contribution in [3.63, 3.8) is 0 Å². The van der Waals surface area contributed by atoms with Gasteiger partial charge in [0.15, 0.2) is 0 Å². The molecule has 0 spiro atoms. The van der Waals surface area contributed by atoms with Crippen molar-refractivity contribution in [2.75, 3.05) is 0 Å². The van der Waals surface area contributed by atoms with Gasteiger partial charge in [0.05, 0.1) is 25.4 Å².